The molecule has 1 aliphatic carbocycles. The maximum Gasteiger partial charge on any atom is 0.253 e. The van der Waals surface area contributed by atoms with Gasteiger partial charge in [-0.15, -0.1) is 0 Å². The van der Waals surface area contributed by atoms with Crippen LogP contribution in [-0.4, -0.2) is 22.1 Å². The topological polar surface area (TPSA) is 54.3 Å². The van der Waals surface area contributed by atoms with E-state index in [0.717, 1.165) is 36.4 Å². The van der Waals surface area contributed by atoms with Gasteiger partial charge in [-0.1, -0.05) is 25.3 Å². The number of nitrogens with one attached hydrogen (secondary N) is 1. The molecule has 1 fully saturated rings. The molecule has 1 atom stereocenters. The molecule has 1 saturated carbocycles. The van der Waals surface area contributed by atoms with E-state index in [1.807, 2.05) is 19.9 Å². The van der Waals surface area contributed by atoms with Crippen molar-refractivity contribution in [3.05, 3.63) is 58.4 Å². The summed E-state index contributed by atoms with van der Waals surface area (Å²) in [5.74, 6) is -2.26. The standard InChI is InChI=1S/C21H26F2N2O2/c1-13-10-17(14(2)25(13)16-6-4-3-5-7-16)21(27)24-12-20(26)15-8-9-18(22)19(23)11-15/h8-11,16,20,26H,3-7,12H2,1-2H3,(H,24,27). The molecule has 6 heteroatoms. The van der Waals surface area contributed by atoms with Crippen molar-refractivity contribution < 1.29 is 18.7 Å². The van der Waals surface area contributed by atoms with Crippen LogP contribution >= 0.6 is 0 Å². The van der Waals surface area contributed by atoms with Crippen molar-refractivity contribution in [3.63, 3.8) is 0 Å². The van der Waals surface area contributed by atoms with Crippen LogP contribution in [0.15, 0.2) is 24.3 Å². The number of carbonyl (C=O) groups excluding carboxylic acids is 1. The molecule has 2 N–H and O–H groups in total. The minimum absolute atomic E-state index is 0.0724. The average Bonchev–Trinajstić information content (AvgIpc) is 2.96. The number of hydrogen-bond donors (Lipinski definition) is 2. The summed E-state index contributed by atoms with van der Waals surface area (Å²) in [6.07, 6.45) is 4.85. The SMILES string of the molecule is Cc1cc(C(=O)NCC(O)c2ccc(F)c(F)c2)c(C)n1C1CCCCC1. The minimum atomic E-state index is -1.11. The van der Waals surface area contributed by atoms with Gasteiger partial charge in [-0.3, -0.25) is 4.79 Å². The van der Waals surface area contributed by atoms with E-state index in [9.17, 15) is 18.7 Å². The van der Waals surface area contributed by atoms with Gasteiger partial charge in [0.25, 0.3) is 5.91 Å². The van der Waals surface area contributed by atoms with Crippen molar-refractivity contribution in [2.24, 2.45) is 0 Å². The molecule has 146 valence electrons. The van der Waals surface area contributed by atoms with Crippen molar-refractivity contribution in [2.45, 2.75) is 58.1 Å². The fourth-order valence-corrected chi connectivity index (χ4v) is 4.03. The summed E-state index contributed by atoms with van der Waals surface area (Å²) in [4.78, 5) is 12.6. The first kappa shape index (κ1) is 19.5. The van der Waals surface area contributed by atoms with Crippen LogP contribution < -0.4 is 5.32 Å². The molecule has 1 unspecified atom stereocenters. The van der Waals surface area contributed by atoms with Gasteiger partial charge in [0.2, 0.25) is 0 Å². The number of halogens is 2. The maximum atomic E-state index is 13.3. The summed E-state index contributed by atoms with van der Waals surface area (Å²) >= 11 is 0. The Morgan fingerprint density at radius 2 is 1.89 bits per heavy atom. The Labute approximate surface area is 158 Å². The van der Waals surface area contributed by atoms with Crippen molar-refractivity contribution >= 4 is 5.91 Å². The lowest BCUT2D eigenvalue weighted by molar-refractivity contribution is 0.0915. The molecule has 3 rings (SSSR count). The van der Waals surface area contributed by atoms with Crippen molar-refractivity contribution in [3.8, 4) is 0 Å². The number of rotatable bonds is 5. The van der Waals surface area contributed by atoms with Gasteiger partial charge in [0.1, 0.15) is 0 Å². The number of benzene rings is 1. The molecule has 27 heavy (non-hydrogen) atoms. The first-order valence-corrected chi connectivity index (χ1v) is 9.48. The van der Waals surface area contributed by atoms with Gasteiger partial charge in [-0.2, -0.15) is 0 Å². The second-order valence-corrected chi connectivity index (χ2v) is 7.35. The van der Waals surface area contributed by atoms with Crippen molar-refractivity contribution in [2.75, 3.05) is 6.54 Å². The van der Waals surface area contributed by atoms with Crippen LogP contribution in [0.4, 0.5) is 8.78 Å². The van der Waals surface area contributed by atoms with Crippen LogP contribution in [0, 0.1) is 25.5 Å². The Morgan fingerprint density at radius 3 is 2.56 bits per heavy atom. The molecule has 1 aromatic heterocycles. The summed E-state index contributed by atoms with van der Waals surface area (Å²) in [6, 6.07) is 5.54. The van der Waals surface area contributed by atoms with E-state index in [1.165, 1.54) is 25.3 Å². The summed E-state index contributed by atoms with van der Waals surface area (Å²) in [5, 5.41) is 12.9. The van der Waals surface area contributed by atoms with Crippen LogP contribution in [0.3, 0.4) is 0 Å². The van der Waals surface area contributed by atoms with E-state index in [-0.39, 0.29) is 18.0 Å². The third kappa shape index (κ3) is 4.21. The van der Waals surface area contributed by atoms with Gasteiger partial charge < -0.3 is 15.0 Å². The monoisotopic (exact) mass is 376 g/mol. The van der Waals surface area contributed by atoms with Crippen molar-refractivity contribution in [1.29, 1.82) is 0 Å². The number of nitrogens with zero attached hydrogens (tertiary/aromatic N) is 1. The highest BCUT2D eigenvalue weighted by Crippen LogP contribution is 2.32. The molecule has 0 saturated heterocycles. The molecule has 1 amide bonds. The molecular formula is C21H26F2N2O2. The first-order chi connectivity index (χ1) is 12.9. The number of aliphatic hydroxyl groups is 1. The number of aliphatic hydroxyl groups excluding tert-OH is 1. The number of aryl methyl sites for hydroxylation is 1. The van der Waals surface area contributed by atoms with Crippen LogP contribution in [0.2, 0.25) is 0 Å². The second kappa shape index (κ2) is 8.21. The Morgan fingerprint density at radius 1 is 1.19 bits per heavy atom. The molecule has 1 heterocycles. The summed E-state index contributed by atoms with van der Waals surface area (Å²) < 4.78 is 28.6. The summed E-state index contributed by atoms with van der Waals surface area (Å²) in [6.45, 7) is 3.88. The van der Waals surface area contributed by atoms with E-state index in [2.05, 4.69) is 9.88 Å². The van der Waals surface area contributed by atoms with Crippen LogP contribution in [-0.2, 0) is 0 Å². The Kier molecular flexibility index (Phi) is 5.95. The molecular weight excluding hydrogens is 350 g/mol. The van der Waals surface area contributed by atoms with Gasteiger partial charge in [0, 0.05) is 24.0 Å². The highest BCUT2D eigenvalue weighted by Gasteiger charge is 2.23. The smallest absolute Gasteiger partial charge is 0.253 e. The van der Waals surface area contributed by atoms with Crippen LogP contribution in [0.5, 0.6) is 0 Å². The van der Waals surface area contributed by atoms with Gasteiger partial charge >= 0.3 is 0 Å². The van der Waals surface area contributed by atoms with Crippen LogP contribution in [0.1, 0.15) is 71.6 Å². The predicted molar refractivity (Wildman–Crippen MR) is 99.7 cm³/mol. The Bertz CT molecular complexity index is 826. The third-order valence-electron chi connectivity index (χ3n) is 5.45. The van der Waals surface area contributed by atoms with Gasteiger partial charge in [-0.25, -0.2) is 8.78 Å². The van der Waals surface area contributed by atoms with E-state index in [1.54, 1.807) is 0 Å². The van der Waals surface area contributed by atoms with Gasteiger partial charge in [0.05, 0.1) is 11.7 Å². The van der Waals surface area contributed by atoms with E-state index < -0.39 is 17.7 Å². The average molecular weight is 376 g/mol. The highest BCUT2D eigenvalue weighted by atomic mass is 19.2. The summed E-state index contributed by atoms with van der Waals surface area (Å²) in [5.41, 5.74) is 2.81. The zero-order valence-corrected chi connectivity index (χ0v) is 15.8. The number of amides is 1. The summed E-state index contributed by atoms with van der Waals surface area (Å²) in [7, 11) is 0. The highest BCUT2D eigenvalue weighted by molar-refractivity contribution is 5.95. The fourth-order valence-electron chi connectivity index (χ4n) is 4.03. The van der Waals surface area contributed by atoms with E-state index in [0.29, 0.717) is 11.6 Å². The van der Waals surface area contributed by atoms with E-state index >= 15 is 0 Å². The zero-order valence-electron chi connectivity index (χ0n) is 15.8. The Balaban J connectivity index is 1.68. The quantitative estimate of drug-likeness (QED) is 0.815. The van der Waals surface area contributed by atoms with Crippen LogP contribution in [0.25, 0.3) is 0 Å². The first-order valence-electron chi connectivity index (χ1n) is 9.48. The molecule has 0 bridgehead atoms. The molecule has 0 radical (unpaired) electrons. The van der Waals surface area contributed by atoms with Gasteiger partial charge in [-0.05, 0) is 50.5 Å². The number of hydrogen-bond acceptors (Lipinski definition) is 2. The zero-order chi connectivity index (χ0) is 19.6. The molecule has 0 aliphatic heterocycles. The predicted octanol–water partition coefficient (Wildman–Crippen LogP) is 4.35. The minimum Gasteiger partial charge on any atom is -0.387 e. The molecule has 4 nitrogen and oxygen atoms in total. The normalized spacial score (nSPS) is 16.3. The lowest BCUT2D eigenvalue weighted by Gasteiger charge is -2.26. The maximum absolute atomic E-state index is 13.3. The van der Waals surface area contributed by atoms with E-state index in [4.69, 9.17) is 0 Å². The molecule has 0 spiro atoms. The Hall–Kier alpha value is -2.21. The molecule has 1 aromatic carbocycles. The third-order valence-corrected chi connectivity index (χ3v) is 5.45. The lowest BCUT2D eigenvalue weighted by atomic mass is 9.95. The molecule has 2 aromatic rings. The fraction of sp³-hybridized carbons (Fsp3) is 0.476. The molecule has 1 aliphatic rings. The largest absolute Gasteiger partial charge is 0.387 e. The number of aromatic nitrogens is 1. The lowest BCUT2D eigenvalue weighted by Crippen LogP contribution is -2.29. The van der Waals surface area contributed by atoms with Gasteiger partial charge in [0.15, 0.2) is 11.6 Å². The van der Waals surface area contributed by atoms with Crippen molar-refractivity contribution in [1.82, 2.24) is 9.88 Å². The number of carbonyl (C=O) groups is 1. The second-order valence-electron chi connectivity index (χ2n) is 7.35.